The lowest BCUT2D eigenvalue weighted by atomic mass is 9.69. The monoisotopic (exact) mass is 390 g/mol. The first-order chi connectivity index (χ1) is 10.8. The van der Waals surface area contributed by atoms with E-state index in [1.54, 1.807) is 0 Å². The first-order valence-corrected chi connectivity index (χ1v) is 8.23. The van der Waals surface area contributed by atoms with Crippen molar-refractivity contribution in [1.82, 2.24) is 0 Å². The van der Waals surface area contributed by atoms with E-state index < -0.39 is 23.4 Å². The molecule has 1 aliphatic heterocycles. The Hall–Kier alpha value is -0.840. The standard InChI is InChI=1S/C16H10Cl4O3/c1-7(21)13-9(8-5-3-2-4-6-8)16(23-13)14(19)10(17)12(22)11(18)15(16)20/h2-6,9,13H,1H3/t9-,13-/m1/s1. The molecule has 0 bridgehead atoms. The highest BCUT2D eigenvalue weighted by molar-refractivity contribution is 6.61. The summed E-state index contributed by atoms with van der Waals surface area (Å²) in [6, 6.07) is 9.16. The molecule has 0 amide bonds. The third-order valence-corrected chi connectivity index (χ3v) is 5.90. The van der Waals surface area contributed by atoms with Crippen molar-refractivity contribution >= 4 is 58.0 Å². The van der Waals surface area contributed by atoms with Crippen molar-refractivity contribution in [1.29, 1.82) is 0 Å². The molecule has 3 nitrogen and oxygen atoms in total. The normalized spacial score (nSPS) is 26.6. The van der Waals surface area contributed by atoms with Gasteiger partial charge in [0, 0.05) is 0 Å². The topological polar surface area (TPSA) is 43.4 Å². The summed E-state index contributed by atoms with van der Waals surface area (Å²) in [5, 5.41) is -0.595. The lowest BCUT2D eigenvalue weighted by Crippen LogP contribution is -2.62. The fraction of sp³-hybridized carbons (Fsp3) is 0.250. The Kier molecular flexibility index (Phi) is 4.36. The predicted molar refractivity (Wildman–Crippen MR) is 89.9 cm³/mol. The first kappa shape index (κ1) is 17.0. The third kappa shape index (κ3) is 2.30. The summed E-state index contributed by atoms with van der Waals surface area (Å²) in [4.78, 5) is 23.9. The number of rotatable bonds is 2. The van der Waals surface area contributed by atoms with Crippen LogP contribution in [-0.4, -0.2) is 23.3 Å². The van der Waals surface area contributed by atoms with Gasteiger partial charge in [0.25, 0.3) is 0 Å². The molecule has 1 aromatic carbocycles. The maximum absolute atomic E-state index is 12.0. The number of ketones is 2. The van der Waals surface area contributed by atoms with Gasteiger partial charge in [-0.3, -0.25) is 9.59 Å². The summed E-state index contributed by atoms with van der Waals surface area (Å²) in [6.07, 6.45) is -0.748. The number of carbonyl (C=O) groups excluding carboxylic acids is 2. The zero-order valence-corrected chi connectivity index (χ0v) is 14.8. The number of halogens is 4. The number of hydrogen-bond acceptors (Lipinski definition) is 3. The molecule has 1 aliphatic carbocycles. The maximum atomic E-state index is 12.0. The Balaban J connectivity index is 2.21. The number of Topliss-reactive ketones (excluding diaryl/α,β-unsaturated/α-hetero) is 2. The number of allylic oxidation sites excluding steroid dienone is 2. The van der Waals surface area contributed by atoms with Gasteiger partial charge >= 0.3 is 0 Å². The molecule has 1 aromatic rings. The van der Waals surface area contributed by atoms with Crippen molar-refractivity contribution in [2.75, 3.05) is 0 Å². The van der Waals surface area contributed by atoms with Gasteiger partial charge < -0.3 is 4.74 Å². The Morgan fingerprint density at radius 1 is 1.04 bits per heavy atom. The van der Waals surface area contributed by atoms with Gasteiger partial charge in [-0.1, -0.05) is 76.7 Å². The summed E-state index contributed by atoms with van der Waals surface area (Å²) in [5.74, 6) is -1.35. The van der Waals surface area contributed by atoms with E-state index in [2.05, 4.69) is 0 Å². The van der Waals surface area contributed by atoms with E-state index in [1.165, 1.54) is 6.92 Å². The first-order valence-electron chi connectivity index (χ1n) is 6.71. The molecule has 0 N–H and O–H groups in total. The van der Waals surface area contributed by atoms with Crippen LogP contribution in [0.25, 0.3) is 0 Å². The van der Waals surface area contributed by atoms with Crippen LogP contribution in [0.4, 0.5) is 0 Å². The minimum Gasteiger partial charge on any atom is -0.351 e. The average molecular weight is 392 g/mol. The second kappa shape index (κ2) is 5.91. The minimum atomic E-state index is -1.40. The highest BCUT2D eigenvalue weighted by atomic mass is 35.5. The molecule has 23 heavy (non-hydrogen) atoms. The van der Waals surface area contributed by atoms with Crippen LogP contribution >= 0.6 is 46.4 Å². The molecular weight excluding hydrogens is 382 g/mol. The van der Waals surface area contributed by atoms with Gasteiger partial charge in [0.2, 0.25) is 5.78 Å². The van der Waals surface area contributed by atoms with Crippen LogP contribution in [0.5, 0.6) is 0 Å². The van der Waals surface area contributed by atoms with Gasteiger partial charge in [0.15, 0.2) is 11.4 Å². The van der Waals surface area contributed by atoms with Crippen LogP contribution in [0.2, 0.25) is 0 Å². The van der Waals surface area contributed by atoms with Gasteiger partial charge in [-0.25, -0.2) is 0 Å². The Morgan fingerprint density at radius 3 is 2.04 bits per heavy atom. The van der Waals surface area contributed by atoms with Crippen molar-refractivity contribution in [3.05, 3.63) is 56.0 Å². The summed E-state index contributed by atoms with van der Waals surface area (Å²) >= 11 is 24.6. The highest BCUT2D eigenvalue weighted by Gasteiger charge is 2.64. The Labute approximate surface area is 152 Å². The molecule has 2 atom stereocenters. The van der Waals surface area contributed by atoms with Gasteiger partial charge in [-0.2, -0.15) is 0 Å². The molecule has 3 rings (SSSR count). The molecule has 2 aliphatic rings. The molecule has 1 spiro atoms. The fourth-order valence-corrected chi connectivity index (χ4v) is 4.22. The summed E-state index contributed by atoms with van der Waals surface area (Å²) in [5.41, 5.74) is -0.610. The zero-order valence-electron chi connectivity index (χ0n) is 11.8. The maximum Gasteiger partial charge on any atom is 0.218 e. The molecule has 0 unspecified atom stereocenters. The number of benzene rings is 1. The largest absolute Gasteiger partial charge is 0.351 e. The molecule has 0 radical (unpaired) electrons. The zero-order chi connectivity index (χ0) is 16.9. The fourth-order valence-electron chi connectivity index (χ4n) is 2.96. The van der Waals surface area contributed by atoms with Crippen molar-refractivity contribution in [3.8, 4) is 0 Å². The van der Waals surface area contributed by atoms with E-state index in [9.17, 15) is 9.59 Å². The van der Waals surface area contributed by atoms with Crippen LogP contribution in [0, 0.1) is 0 Å². The third-order valence-electron chi connectivity index (χ3n) is 4.05. The molecule has 120 valence electrons. The quantitative estimate of drug-likeness (QED) is 0.747. The van der Waals surface area contributed by atoms with E-state index in [0.717, 1.165) is 5.56 Å². The second-order valence-electron chi connectivity index (χ2n) is 5.36. The molecule has 0 aromatic heterocycles. The number of carbonyl (C=O) groups is 2. The van der Waals surface area contributed by atoms with E-state index in [0.29, 0.717) is 0 Å². The molecule has 7 heteroatoms. The van der Waals surface area contributed by atoms with E-state index in [4.69, 9.17) is 51.1 Å². The number of hydrogen-bond donors (Lipinski definition) is 0. The van der Waals surface area contributed by atoms with Crippen LogP contribution in [0.1, 0.15) is 18.4 Å². The Morgan fingerprint density at radius 2 is 1.57 bits per heavy atom. The summed E-state index contributed by atoms with van der Waals surface area (Å²) in [6.45, 7) is 1.42. The van der Waals surface area contributed by atoms with Crippen molar-refractivity contribution in [2.24, 2.45) is 0 Å². The molecule has 1 fully saturated rings. The SMILES string of the molecule is CC(=O)[C@H]1OC2(C(Cl)=C(Cl)C(=O)C(Cl)=C2Cl)[C@@H]1c1ccccc1. The summed E-state index contributed by atoms with van der Waals surface area (Å²) in [7, 11) is 0. The van der Waals surface area contributed by atoms with Crippen molar-refractivity contribution < 1.29 is 14.3 Å². The van der Waals surface area contributed by atoms with Crippen LogP contribution in [-0.2, 0) is 14.3 Å². The summed E-state index contributed by atoms with van der Waals surface area (Å²) < 4.78 is 5.76. The molecule has 1 saturated heterocycles. The highest BCUT2D eigenvalue weighted by Crippen LogP contribution is 2.60. The van der Waals surface area contributed by atoms with Gasteiger partial charge in [0.05, 0.1) is 16.0 Å². The van der Waals surface area contributed by atoms with Crippen LogP contribution < -0.4 is 0 Å². The predicted octanol–water partition coefficient (Wildman–Crippen LogP) is 4.46. The van der Waals surface area contributed by atoms with Gasteiger partial charge in [0.1, 0.15) is 16.2 Å². The van der Waals surface area contributed by atoms with E-state index in [1.807, 2.05) is 30.3 Å². The van der Waals surface area contributed by atoms with Gasteiger partial charge in [-0.15, -0.1) is 0 Å². The van der Waals surface area contributed by atoms with Crippen LogP contribution in [0.3, 0.4) is 0 Å². The van der Waals surface area contributed by atoms with Gasteiger partial charge in [-0.05, 0) is 12.5 Å². The number of ether oxygens (including phenoxy) is 1. The van der Waals surface area contributed by atoms with E-state index in [-0.39, 0.29) is 25.9 Å². The molecule has 0 saturated carbocycles. The molecule has 1 heterocycles. The minimum absolute atomic E-state index is 0.0510. The van der Waals surface area contributed by atoms with Crippen LogP contribution in [0.15, 0.2) is 50.5 Å². The Bertz CT molecular complexity index is 739. The smallest absolute Gasteiger partial charge is 0.218 e. The second-order valence-corrected chi connectivity index (χ2v) is 6.87. The lowest BCUT2D eigenvalue weighted by Gasteiger charge is -2.55. The molecular formula is C16H10Cl4O3. The van der Waals surface area contributed by atoms with Crippen molar-refractivity contribution in [3.63, 3.8) is 0 Å². The lowest BCUT2D eigenvalue weighted by molar-refractivity contribution is -0.186. The van der Waals surface area contributed by atoms with Crippen molar-refractivity contribution in [2.45, 2.75) is 24.5 Å². The average Bonchev–Trinajstić information content (AvgIpc) is 2.51. The van der Waals surface area contributed by atoms with E-state index >= 15 is 0 Å².